The molecule has 0 aromatic heterocycles. The van der Waals surface area contributed by atoms with E-state index in [0.29, 0.717) is 12.8 Å². The van der Waals surface area contributed by atoms with Crippen molar-refractivity contribution in [3.63, 3.8) is 0 Å². The Kier molecular flexibility index (Phi) is 10.1. The molecule has 0 radical (unpaired) electrons. The number of hydrogen-bond acceptors (Lipinski definition) is 12. The van der Waals surface area contributed by atoms with E-state index in [9.17, 15) is 40.5 Å². The molecule has 0 aromatic rings. The molecule has 1 aliphatic carbocycles. The van der Waals surface area contributed by atoms with Crippen molar-refractivity contribution in [2.45, 2.75) is 134 Å². The molecule has 3 rings (SSSR count). The van der Waals surface area contributed by atoms with Crippen LogP contribution < -0.4 is 0 Å². The van der Waals surface area contributed by atoms with Crippen LogP contribution in [0.15, 0.2) is 0 Å². The molecule has 15 unspecified atom stereocenters. The third-order valence-corrected chi connectivity index (χ3v) is 8.68. The van der Waals surface area contributed by atoms with E-state index in [1.807, 2.05) is 13.8 Å². The van der Waals surface area contributed by atoms with Crippen molar-refractivity contribution in [2.24, 2.45) is 23.2 Å². The van der Waals surface area contributed by atoms with Gasteiger partial charge in [0.15, 0.2) is 6.29 Å². The zero-order chi connectivity index (χ0) is 29.6. The highest BCUT2D eigenvalue weighted by molar-refractivity contribution is 5.78. The minimum atomic E-state index is -1.92. The quantitative estimate of drug-likeness (QED) is 0.196. The molecular weight excluding hydrogens is 516 g/mol. The second-order valence-electron chi connectivity index (χ2n) is 12.8. The molecule has 12 nitrogen and oxygen atoms in total. The Bertz CT molecular complexity index is 832. The fourth-order valence-corrected chi connectivity index (χ4v) is 6.34. The molecule has 15 atom stereocenters. The Morgan fingerprint density at radius 2 is 1.51 bits per heavy atom. The molecule has 7 N–H and O–H groups in total. The van der Waals surface area contributed by atoms with Gasteiger partial charge in [0.2, 0.25) is 0 Å². The molecular formula is C27H48O12. The lowest BCUT2D eigenvalue weighted by Crippen LogP contribution is -2.67. The number of hydrogen-bond donors (Lipinski definition) is 7. The summed E-state index contributed by atoms with van der Waals surface area (Å²) in [4.78, 5) is 13.2. The van der Waals surface area contributed by atoms with Crippen LogP contribution in [0.4, 0.5) is 0 Å². The van der Waals surface area contributed by atoms with Gasteiger partial charge in [-0.15, -0.1) is 0 Å². The SMILES string of the molecule is CCC1OC(C2C(C)CC(C)C(OC3OC(CO)C(O)C(C)(C(=O)OC(C)(C)C)C3O)C2O)C(O)C(O)C1O. The average molecular weight is 565 g/mol. The Morgan fingerprint density at radius 3 is 2.05 bits per heavy atom. The molecule has 0 aromatic carbocycles. The van der Waals surface area contributed by atoms with E-state index in [-0.39, 0.29) is 11.8 Å². The van der Waals surface area contributed by atoms with E-state index in [2.05, 4.69) is 0 Å². The summed E-state index contributed by atoms with van der Waals surface area (Å²) in [7, 11) is 0. The van der Waals surface area contributed by atoms with E-state index in [0.717, 1.165) is 0 Å². The molecule has 39 heavy (non-hydrogen) atoms. The summed E-state index contributed by atoms with van der Waals surface area (Å²) in [5, 5.41) is 75.1. The topological polar surface area (TPSA) is 196 Å². The first-order chi connectivity index (χ1) is 18.0. The first-order valence-corrected chi connectivity index (χ1v) is 13.9. The smallest absolute Gasteiger partial charge is 0.317 e. The summed E-state index contributed by atoms with van der Waals surface area (Å²) in [6.45, 7) is 11.1. The summed E-state index contributed by atoms with van der Waals surface area (Å²) in [5.74, 6) is -2.06. The van der Waals surface area contributed by atoms with Gasteiger partial charge >= 0.3 is 5.97 Å². The van der Waals surface area contributed by atoms with Crippen molar-refractivity contribution in [3.05, 3.63) is 0 Å². The van der Waals surface area contributed by atoms with Crippen LogP contribution in [0.3, 0.4) is 0 Å². The summed E-state index contributed by atoms with van der Waals surface area (Å²) in [5.41, 5.74) is -2.84. The standard InChI is InChI=1S/C27H48O12/c1-8-13-16(29)18(31)19(32)21(36-13)15-11(2)9-12(3)20(17(15)30)38-24-23(34)27(7,22(33)14(10-28)37-24)25(35)39-26(4,5)6/h11-24,28-34H,8-10H2,1-7H3. The number of rotatable bonds is 6. The Hall–Kier alpha value is -0.930. The fraction of sp³-hybridized carbons (Fsp3) is 0.963. The maximum atomic E-state index is 13.2. The van der Waals surface area contributed by atoms with Crippen molar-refractivity contribution >= 4 is 5.97 Å². The highest BCUT2D eigenvalue weighted by Gasteiger charge is 2.61. The number of carbonyl (C=O) groups is 1. The number of carbonyl (C=O) groups excluding carboxylic acids is 1. The molecule has 12 heteroatoms. The first kappa shape index (κ1) is 32.6. The van der Waals surface area contributed by atoms with Gasteiger partial charge in [-0.2, -0.15) is 0 Å². The van der Waals surface area contributed by atoms with Crippen molar-refractivity contribution in [3.8, 4) is 0 Å². The van der Waals surface area contributed by atoms with E-state index >= 15 is 0 Å². The van der Waals surface area contributed by atoms with Crippen LogP contribution in [-0.4, -0.2) is 121 Å². The molecule has 2 saturated heterocycles. The van der Waals surface area contributed by atoms with Crippen LogP contribution in [0.1, 0.15) is 61.3 Å². The Labute approximate surface area is 229 Å². The van der Waals surface area contributed by atoms with Crippen LogP contribution in [0.2, 0.25) is 0 Å². The maximum Gasteiger partial charge on any atom is 0.317 e. The van der Waals surface area contributed by atoms with Gasteiger partial charge in [-0.1, -0.05) is 20.8 Å². The van der Waals surface area contributed by atoms with Crippen LogP contribution in [-0.2, 0) is 23.7 Å². The van der Waals surface area contributed by atoms with Gasteiger partial charge in [-0.05, 0) is 52.4 Å². The second kappa shape index (κ2) is 12.1. The first-order valence-electron chi connectivity index (χ1n) is 13.9. The zero-order valence-corrected chi connectivity index (χ0v) is 23.9. The molecule has 228 valence electrons. The van der Waals surface area contributed by atoms with Gasteiger partial charge in [0.25, 0.3) is 0 Å². The van der Waals surface area contributed by atoms with Crippen molar-refractivity contribution in [2.75, 3.05) is 6.61 Å². The lowest BCUT2D eigenvalue weighted by Gasteiger charge is -2.52. The molecule has 3 fully saturated rings. The molecule has 0 spiro atoms. The van der Waals surface area contributed by atoms with Gasteiger partial charge in [-0.3, -0.25) is 4.79 Å². The van der Waals surface area contributed by atoms with Crippen LogP contribution >= 0.6 is 0 Å². The largest absolute Gasteiger partial charge is 0.459 e. The van der Waals surface area contributed by atoms with E-state index in [1.54, 1.807) is 27.7 Å². The van der Waals surface area contributed by atoms with Crippen molar-refractivity contribution in [1.82, 2.24) is 0 Å². The number of aliphatic hydroxyl groups excluding tert-OH is 7. The lowest BCUT2D eigenvalue weighted by atomic mass is 9.67. The summed E-state index contributed by atoms with van der Waals surface area (Å²) >= 11 is 0. The molecule has 0 amide bonds. The van der Waals surface area contributed by atoms with Gasteiger partial charge in [0.05, 0.1) is 31.0 Å². The fourth-order valence-electron chi connectivity index (χ4n) is 6.34. The summed E-state index contributed by atoms with van der Waals surface area (Å²) in [6, 6.07) is 0. The van der Waals surface area contributed by atoms with Crippen molar-refractivity contribution in [1.29, 1.82) is 0 Å². The monoisotopic (exact) mass is 564 g/mol. The predicted octanol–water partition coefficient (Wildman–Crippen LogP) is -0.928. The second-order valence-corrected chi connectivity index (χ2v) is 12.8. The minimum absolute atomic E-state index is 0.175. The lowest BCUT2D eigenvalue weighted by molar-refractivity contribution is -0.338. The molecule has 1 saturated carbocycles. The predicted molar refractivity (Wildman–Crippen MR) is 136 cm³/mol. The Balaban J connectivity index is 1.88. The van der Waals surface area contributed by atoms with Gasteiger partial charge in [0.1, 0.15) is 47.6 Å². The maximum absolute atomic E-state index is 13.2. The van der Waals surface area contributed by atoms with E-state index < -0.39 is 96.8 Å². The molecule has 2 heterocycles. The summed E-state index contributed by atoms with van der Waals surface area (Å²) in [6.07, 6.45) is -13.4. The molecule has 3 aliphatic rings. The zero-order valence-electron chi connectivity index (χ0n) is 23.9. The average Bonchev–Trinajstić information content (AvgIpc) is 2.85. The van der Waals surface area contributed by atoms with Gasteiger partial charge < -0.3 is 54.7 Å². The minimum Gasteiger partial charge on any atom is -0.459 e. The van der Waals surface area contributed by atoms with Crippen LogP contribution in [0.5, 0.6) is 0 Å². The van der Waals surface area contributed by atoms with Crippen LogP contribution in [0.25, 0.3) is 0 Å². The number of ether oxygens (including phenoxy) is 4. The van der Waals surface area contributed by atoms with E-state index in [4.69, 9.17) is 18.9 Å². The Morgan fingerprint density at radius 1 is 0.897 bits per heavy atom. The highest BCUT2D eigenvalue weighted by Crippen LogP contribution is 2.45. The number of aliphatic hydroxyl groups is 7. The van der Waals surface area contributed by atoms with Crippen molar-refractivity contribution < 1.29 is 59.5 Å². The van der Waals surface area contributed by atoms with Gasteiger partial charge in [-0.25, -0.2) is 0 Å². The summed E-state index contributed by atoms with van der Waals surface area (Å²) < 4.78 is 23.3. The third kappa shape index (κ3) is 6.15. The molecule has 2 aliphatic heterocycles. The van der Waals surface area contributed by atoms with Crippen LogP contribution in [0, 0.1) is 23.2 Å². The number of esters is 1. The molecule has 0 bridgehead atoms. The van der Waals surface area contributed by atoms with E-state index in [1.165, 1.54) is 6.92 Å². The van der Waals surface area contributed by atoms with Gasteiger partial charge in [0, 0.05) is 5.92 Å². The highest BCUT2D eigenvalue weighted by atomic mass is 16.7. The normalized spacial score (nSPS) is 49.5. The third-order valence-electron chi connectivity index (χ3n) is 8.68.